The van der Waals surface area contributed by atoms with Gasteiger partial charge in [0.15, 0.2) is 0 Å². The van der Waals surface area contributed by atoms with Crippen LogP contribution in [0.4, 0.5) is 14.0 Å². The summed E-state index contributed by atoms with van der Waals surface area (Å²) in [5.41, 5.74) is 2.18. The highest BCUT2D eigenvalue weighted by Gasteiger charge is 2.33. The van der Waals surface area contributed by atoms with Crippen LogP contribution < -0.4 is 10.1 Å². The predicted octanol–water partition coefficient (Wildman–Crippen LogP) is 6.00. The molecular weight excluding hydrogens is 565 g/mol. The van der Waals surface area contributed by atoms with E-state index in [1.54, 1.807) is 25.7 Å². The zero-order valence-corrected chi connectivity index (χ0v) is 26.5. The minimum Gasteiger partial charge on any atom is -0.493 e. The van der Waals surface area contributed by atoms with Crippen molar-refractivity contribution < 1.29 is 33.0 Å². The average molecular weight is 612 g/mol. The van der Waals surface area contributed by atoms with Crippen LogP contribution in [0.15, 0.2) is 48.5 Å². The number of alkyl halides is 1. The van der Waals surface area contributed by atoms with Gasteiger partial charge in [0.25, 0.3) is 0 Å². The Kier molecular flexibility index (Phi) is 11.1. The van der Waals surface area contributed by atoms with Gasteiger partial charge in [0, 0.05) is 26.1 Å². The highest BCUT2D eigenvalue weighted by molar-refractivity contribution is 5.86. The van der Waals surface area contributed by atoms with Crippen LogP contribution in [0, 0.1) is 5.92 Å². The van der Waals surface area contributed by atoms with Crippen LogP contribution in [0.1, 0.15) is 59.4 Å². The van der Waals surface area contributed by atoms with Crippen LogP contribution in [-0.2, 0) is 20.7 Å². The van der Waals surface area contributed by atoms with Crippen LogP contribution >= 0.6 is 0 Å². The molecule has 10 heteroatoms. The molecule has 2 heterocycles. The van der Waals surface area contributed by atoms with Crippen LogP contribution in [0.3, 0.4) is 0 Å². The Bertz CT molecular complexity index is 1250. The van der Waals surface area contributed by atoms with Crippen molar-refractivity contribution in [1.29, 1.82) is 0 Å². The molecule has 2 aliphatic rings. The highest BCUT2D eigenvalue weighted by atomic mass is 19.1. The van der Waals surface area contributed by atoms with E-state index in [1.807, 2.05) is 62.4 Å². The zero-order chi connectivity index (χ0) is 31.9. The maximum atomic E-state index is 13.8. The van der Waals surface area contributed by atoms with Crippen molar-refractivity contribution in [2.24, 2.45) is 5.92 Å². The molecule has 2 atom stereocenters. The lowest BCUT2D eigenvalue weighted by Crippen LogP contribution is -2.50. The van der Waals surface area contributed by atoms with Crippen molar-refractivity contribution in [2.45, 2.75) is 84.2 Å². The summed E-state index contributed by atoms with van der Waals surface area (Å²) in [5, 5.41) is 2.70. The van der Waals surface area contributed by atoms with Crippen molar-refractivity contribution in [3.05, 3.63) is 54.1 Å². The second-order valence-corrected chi connectivity index (χ2v) is 13.0. The van der Waals surface area contributed by atoms with Gasteiger partial charge < -0.3 is 29.3 Å². The monoisotopic (exact) mass is 611 g/mol. The van der Waals surface area contributed by atoms with Crippen molar-refractivity contribution in [2.75, 3.05) is 32.8 Å². The first-order valence-electron chi connectivity index (χ1n) is 15.6. The molecule has 3 amide bonds. The molecule has 0 aromatic heterocycles. The van der Waals surface area contributed by atoms with E-state index in [2.05, 4.69) is 5.32 Å². The fraction of sp³-hybridized carbons (Fsp3) is 0.559. The van der Waals surface area contributed by atoms with Crippen LogP contribution in [0.2, 0.25) is 0 Å². The first-order chi connectivity index (χ1) is 20.9. The lowest BCUT2D eigenvalue weighted by atomic mass is 9.98. The van der Waals surface area contributed by atoms with Gasteiger partial charge in [0.1, 0.15) is 23.6 Å². The lowest BCUT2D eigenvalue weighted by Gasteiger charge is -2.31. The summed E-state index contributed by atoms with van der Waals surface area (Å²) in [4.78, 5) is 41.0. The number of alkyl carbamates (subject to hydrolysis) is 1. The van der Waals surface area contributed by atoms with Crippen molar-refractivity contribution in [3.8, 4) is 16.9 Å². The van der Waals surface area contributed by atoms with E-state index in [0.717, 1.165) is 35.3 Å². The maximum Gasteiger partial charge on any atom is 0.410 e. The minimum atomic E-state index is -1.04. The van der Waals surface area contributed by atoms with Gasteiger partial charge in [-0.1, -0.05) is 36.4 Å². The molecule has 0 aliphatic carbocycles. The quantitative estimate of drug-likeness (QED) is 0.374. The summed E-state index contributed by atoms with van der Waals surface area (Å²) in [5.74, 6) is 0.864. The van der Waals surface area contributed by atoms with E-state index in [9.17, 15) is 18.8 Å². The molecular formula is C34H46FN3O6. The number of nitrogens with one attached hydrogen (secondary N) is 1. The third-order valence-electron chi connectivity index (χ3n) is 7.71. The molecule has 0 bridgehead atoms. The molecule has 1 unspecified atom stereocenters. The van der Waals surface area contributed by atoms with Gasteiger partial charge in [-0.25, -0.2) is 14.0 Å². The van der Waals surface area contributed by atoms with Crippen LogP contribution in [0.5, 0.6) is 5.75 Å². The number of carbonyl (C=O) groups excluding carboxylic acids is 3. The topological polar surface area (TPSA) is 97.4 Å². The number of ether oxygens (including phenoxy) is 3. The fourth-order valence-corrected chi connectivity index (χ4v) is 5.37. The second kappa shape index (κ2) is 14.8. The van der Waals surface area contributed by atoms with E-state index in [4.69, 9.17) is 14.2 Å². The van der Waals surface area contributed by atoms with Gasteiger partial charge in [-0.05, 0) is 88.6 Å². The summed E-state index contributed by atoms with van der Waals surface area (Å²) in [6, 6.07) is 14.9. The van der Waals surface area contributed by atoms with Gasteiger partial charge in [-0.2, -0.15) is 0 Å². The number of hydrogen-bond donors (Lipinski definition) is 1. The molecule has 2 aromatic rings. The average Bonchev–Trinajstić information content (AvgIpc) is 3.41. The molecule has 2 saturated heterocycles. The first kappa shape index (κ1) is 33.1. The molecule has 2 aromatic carbocycles. The van der Waals surface area contributed by atoms with Gasteiger partial charge in [-0.3, -0.25) is 4.79 Å². The Morgan fingerprint density at radius 1 is 0.909 bits per heavy atom. The predicted molar refractivity (Wildman–Crippen MR) is 166 cm³/mol. The molecule has 44 heavy (non-hydrogen) atoms. The SMILES string of the molecule is CC(C)OC(=O)N1CCC(COc2ccc(-c3ccc(CC(NC(=O)OC(C)(C)C)C(=O)N4CC[C@H](F)C4)cc3)cc2)CC1. The van der Waals surface area contributed by atoms with E-state index < -0.39 is 23.9 Å². The molecule has 2 aliphatic heterocycles. The van der Waals surface area contributed by atoms with Gasteiger partial charge >= 0.3 is 12.2 Å². The molecule has 0 saturated carbocycles. The van der Waals surface area contributed by atoms with Gasteiger partial charge in [-0.15, -0.1) is 0 Å². The maximum absolute atomic E-state index is 13.8. The zero-order valence-electron chi connectivity index (χ0n) is 26.5. The Balaban J connectivity index is 1.31. The molecule has 1 N–H and O–H groups in total. The van der Waals surface area contributed by atoms with E-state index in [1.165, 1.54) is 4.90 Å². The minimum absolute atomic E-state index is 0.0398. The molecule has 9 nitrogen and oxygen atoms in total. The van der Waals surface area contributed by atoms with Gasteiger partial charge in [0.2, 0.25) is 5.91 Å². The second-order valence-electron chi connectivity index (χ2n) is 13.0. The smallest absolute Gasteiger partial charge is 0.410 e. The Hall–Kier alpha value is -3.82. The molecule has 2 fully saturated rings. The number of hydrogen-bond acceptors (Lipinski definition) is 6. The Morgan fingerprint density at radius 3 is 2.05 bits per heavy atom. The van der Waals surface area contributed by atoms with Gasteiger partial charge in [0.05, 0.1) is 19.3 Å². The standard InChI is InChI=1S/C34H46FN3O6/c1-23(2)43-33(41)37-17-14-25(15-18-37)22-42-29-12-10-27(11-13-29)26-8-6-24(7-9-26)20-30(36-32(40)44-34(3,4)5)31(39)38-19-16-28(35)21-38/h6-13,23,25,28,30H,14-22H2,1-5H3,(H,36,40)/t28-,30?/m0/s1. The first-order valence-corrected chi connectivity index (χ1v) is 15.6. The van der Waals surface area contributed by atoms with Crippen LogP contribution in [-0.4, -0.2) is 84.6 Å². The normalized spacial score (nSPS) is 18.2. The van der Waals surface area contributed by atoms with Crippen molar-refractivity contribution >= 4 is 18.1 Å². The van der Waals surface area contributed by atoms with Crippen LogP contribution in [0.25, 0.3) is 11.1 Å². The number of nitrogens with zero attached hydrogens (tertiary/aromatic N) is 2. The number of carbonyl (C=O) groups is 3. The number of rotatable bonds is 9. The third-order valence-corrected chi connectivity index (χ3v) is 7.71. The lowest BCUT2D eigenvalue weighted by molar-refractivity contribution is -0.132. The summed E-state index contributed by atoms with van der Waals surface area (Å²) in [6.45, 7) is 11.3. The fourth-order valence-electron chi connectivity index (χ4n) is 5.37. The summed E-state index contributed by atoms with van der Waals surface area (Å²) in [6.07, 6.45) is 0.243. The number of likely N-dealkylation sites (tertiary alicyclic amines) is 2. The van der Waals surface area contributed by atoms with E-state index in [0.29, 0.717) is 38.6 Å². The number of benzene rings is 2. The highest BCUT2D eigenvalue weighted by Crippen LogP contribution is 2.25. The molecule has 240 valence electrons. The number of piperidine rings is 1. The number of halogens is 1. The summed E-state index contributed by atoms with van der Waals surface area (Å²) >= 11 is 0. The molecule has 0 radical (unpaired) electrons. The number of amides is 3. The molecule has 4 rings (SSSR count). The third kappa shape index (κ3) is 9.86. The van der Waals surface area contributed by atoms with E-state index in [-0.39, 0.29) is 31.1 Å². The largest absolute Gasteiger partial charge is 0.493 e. The Morgan fingerprint density at radius 2 is 1.50 bits per heavy atom. The summed E-state index contributed by atoms with van der Waals surface area (Å²) < 4.78 is 30.5. The summed E-state index contributed by atoms with van der Waals surface area (Å²) in [7, 11) is 0. The van der Waals surface area contributed by atoms with E-state index >= 15 is 0 Å². The molecule has 0 spiro atoms. The van der Waals surface area contributed by atoms with Crippen molar-refractivity contribution in [1.82, 2.24) is 15.1 Å². The Labute approximate surface area is 260 Å². The van der Waals surface area contributed by atoms with Crippen molar-refractivity contribution in [3.63, 3.8) is 0 Å².